The summed E-state index contributed by atoms with van der Waals surface area (Å²) in [6, 6.07) is 13.2. The fourth-order valence-electron chi connectivity index (χ4n) is 2.95. The van der Waals surface area contributed by atoms with Crippen molar-refractivity contribution < 1.29 is 19.1 Å². The van der Waals surface area contributed by atoms with Gasteiger partial charge in [0.2, 0.25) is 11.0 Å². The van der Waals surface area contributed by atoms with E-state index in [4.69, 9.17) is 9.47 Å². The molecule has 1 atom stereocenters. The minimum atomic E-state index is -0.763. The molecule has 1 unspecified atom stereocenters. The van der Waals surface area contributed by atoms with E-state index in [1.165, 1.54) is 11.3 Å². The van der Waals surface area contributed by atoms with Crippen molar-refractivity contribution in [3.8, 4) is 22.1 Å². The third-order valence-electron chi connectivity index (χ3n) is 4.65. The summed E-state index contributed by atoms with van der Waals surface area (Å²) in [6.07, 6.45) is 0. The number of amides is 3. The molecule has 0 aliphatic carbocycles. The Kier molecular flexibility index (Phi) is 8.20. The smallest absolute Gasteiger partial charge is 0.319 e. The zero-order valence-electron chi connectivity index (χ0n) is 18.9. The Labute approximate surface area is 196 Å². The minimum Gasteiger partial charge on any atom is -0.497 e. The van der Waals surface area contributed by atoms with Crippen LogP contribution in [0, 0.1) is 5.92 Å². The number of methoxy groups -OCH3 is 1. The van der Waals surface area contributed by atoms with Gasteiger partial charge in [-0.15, -0.1) is 10.2 Å². The third kappa shape index (κ3) is 6.66. The number of aromatic nitrogens is 2. The number of benzene rings is 2. The standard InChI is InChI=1S/C23H27N5O4S/c1-5-32-18-12-8-16(9-13-18)24-22(30)25-19(14(2)3)20(29)26-23-28-27-21(33-23)15-6-10-17(31-4)11-7-15/h6-14,19H,5H2,1-4H3,(H2,24,25,30)(H,26,28,29). The molecule has 1 heterocycles. The maximum absolute atomic E-state index is 12.8. The predicted octanol–water partition coefficient (Wildman–Crippen LogP) is 4.40. The molecule has 10 heteroatoms. The molecule has 3 N–H and O–H groups in total. The Morgan fingerprint density at radius 2 is 1.64 bits per heavy atom. The topological polar surface area (TPSA) is 114 Å². The SMILES string of the molecule is CCOc1ccc(NC(=O)NC(C(=O)Nc2nnc(-c3ccc(OC)cc3)s2)C(C)C)cc1. The van der Waals surface area contributed by atoms with Crippen molar-refractivity contribution in [3.63, 3.8) is 0 Å². The van der Waals surface area contributed by atoms with Crippen LogP contribution < -0.4 is 25.4 Å². The van der Waals surface area contributed by atoms with Crippen molar-refractivity contribution in [1.82, 2.24) is 15.5 Å². The molecule has 1 aromatic heterocycles. The molecule has 33 heavy (non-hydrogen) atoms. The number of ether oxygens (including phenoxy) is 2. The normalized spacial score (nSPS) is 11.5. The van der Waals surface area contributed by atoms with E-state index in [0.717, 1.165) is 11.3 Å². The molecule has 3 amide bonds. The zero-order valence-corrected chi connectivity index (χ0v) is 19.7. The molecule has 2 aromatic carbocycles. The average molecular weight is 470 g/mol. The van der Waals surface area contributed by atoms with Crippen LogP contribution in [0.5, 0.6) is 11.5 Å². The monoisotopic (exact) mass is 469 g/mol. The van der Waals surface area contributed by atoms with Gasteiger partial charge in [-0.3, -0.25) is 10.1 Å². The molecule has 0 spiro atoms. The Morgan fingerprint density at radius 3 is 2.24 bits per heavy atom. The van der Waals surface area contributed by atoms with Crippen molar-refractivity contribution in [2.24, 2.45) is 5.92 Å². The summed E-state index contributed by atoms with van der Waals surface area (Å²) in [7, 11) is 1.60. The number of rotatable bonds is 9. The van der Waals surface area contributed by atoms with Gasteiger partial charge in [0.25, 0.3) is 0 Å². The van der Waals surface area contributed by atoms with E-state index >= 15 is 0 Å². The first-order valence-electron chi connectivity index (χ1n) is 10.5. The zero-order chi connectivity index (χ0) is 23.8. The summed E-state index contributed by atoms with van der Waals surface area (Å²) in [5.74, 6) is 0.939. The highest BCUT2D eigenvalue weighted by Gasteiger charge is 2.25. The summed E-state index contributed by atoms with van der Waals surface area (Å²) in [4.78, 5) is 25.3. The van der Waals surface area contributed by atoms with E-state index < -0.39 is 12.1 Å². The fourth-order valence-corrected chi connectivity index (χ4v) is 3.70. The number of hydrogen-bond donors (Lipinski definition) is 3. The minimum absolute atomic E-state index is 0.148. The van der Waals surface area contributed by atoms with Gasteiger partial charge in [-0.2, -0.15) is 0 Å². The summed E-state index contributed by atoms with van der Waals surface area (Å²) in [5, 5.41) is 17.4. The van der Waals surface area contributed by atoms with Gasteiger partial charge in [-0.1, -0.05) is 25.2 Å². The van der Waals surface area contributed by atoms with Gasteiger partial charge in [0.05, 0.1) is 13.7 Å². The van der Waals surface area contributed by atoms with Crippen LogP contribution in [0.2, 0.25) is 0 Å². The molecule has 0 fully saturated rings. The highest BCUT2D eigenvalue weighted by Crippen LogP contribution is 2.28. The number of carbonyl (C=O) groups excluding carboxylic acids is 2. The van der Waals surface area contributed by atoms with Gasteiger partial charge in [0.1, 0.15) is 22.5 Å². The molecule has 0 aliphatic rings. The first-order chi connectivity index (χ1) is 15.9. The van der Waals surface area contributed by atoms with Crippen molar-refractivity contribution in [2.75, 3.05) is 24.4 Å². The van der Waals surface area contributed by atoms with Crippen LogP contribution in [0.1, 0.15) is 20.8 Å². The molecule has 0 radical (unpaired) electrons. The van der Waals surface area contributed by atoms with Gasteiger partial charge < -0.3 is 20.1 Å². The summed E-state index contributed by atoms with van der Waals surface area (Å²) in [5.41, 5.74) is 1.45. The summed E-state index contributed by atoms with van der Waals surface area (Å²) in [6.45, 7) is 6.17. The number of nitrogens with one attached hydrogen (secondary N) is 3. The molecule has 3 rings (SSSR count). The molecule has 0 aliphatic heterocycles. The van der Waals surface area contributed by atoms with Gasteiger partial charge in [0.15, 0.2) is 0 Å². The highest BCUT2D eigenvalue weighted by molar-refractivity contribution is 7.18. The lowest BCUT2D eigenvalue weighted by Crippen LogP contribution is -2.48. The number of hydrogen-bond acceptors (Lipinski definition) is 7. The van der Waals surface area contributed by atoms with Crippen LogP contribution in [-0.4, -0.2) is 41.9 Å². The summed E-state index contributed by atoms with van der Waals surface area (Å²) >= 11 is 1.25. The Bertz CT molecular complexity index is 1070. The van der Waals surface area contributed by atoms with Gasteiger partial charge >= 0.3 is 6.03 Å². The van der Waals surface area contributed by atoms with Gasteiger partial charge in [-0.05, 0) is 61.4 Å². The Hall–Kier alpha value is -3.66. The van der Waals surface area contributed by atoms with Crippen LogP contribution in [0.15, 0.2) is 48.5 Å². The van der Waals surface area contributed by atoms with Crippen molar-refractivity contribution >= 4 is 34.1 Å². The van der Waals surface area contributed by atoms with Crippen LogP contribution in [0.25, 0.3) is 10.6 Å². The van der Waals surface area contributed by atoms with E-state index in [-0.39, 0.29) is 11.8 Å². The van der Waals surface area contributed by atoms with Crippen molar-refractivity contribution in [3.05, 3.63) is 48.5 Å². The molecular weight excluding hydrogens is 442 g/mol. The summed E-state index contributed by atoms with van der Waals surface area (Å²) < 4.78 is 10.6. The Balaban J connectivity index is 1.60. The molecule has 0 saturated carbocycles. The fraction of sp³-hybridized carbons (Fsp3) is 0.304. The average Bonchev–Trinajstić information content (AvgIpc) is 3.27. The number of carbonyl (C=O) groups is 2. The third-order valence-corrected chi connectivity index (χ3v) is 5.54. The van der Waals surface area contributed by atoms with Gasteiger partial charge in [-0.25, -0.2) is 4.79 Å². The first kappa shape index (κ1) is 24.0. The van der Waals surface area contributed by atoms with Crippen LogP contribution in [0.4, 0.5) is 15.6 Å². The molecule has 0 bridgehead atoms. The second-order valence-corrected chi connectivity index (χ2v) is 8.39. The largest absolute Gasteiger partial charge is 0.497 e. The first-order valence-corrected chi connectivity index (χ1v) is 11.3. The molecule has 0 saturated heterocycles. The maximum atomic E-state index is 12.8. The number of urea groups is 1. The lowest BCUT2D eigenvalue weighted by Gasteiger charge is -2.21. The van der Waals surface area contributed by atoms with E-state index in [9.17, 15) is 9.59 Å². The lowest BCUT2D eigenvalue weighted by molar-refractivity contribution is -0.118. The van der Waals surface area contributed by atoms with E-state index in [2.05, 4.69) is 26.1 Å². The second-order valence-electron chi connectivity index (χ2n) is 7.41. The van der Waals surface area contributed by atoms with Gasteiger partial charge in [0, 0.05) is 11.3 Å². The van der Waals surface area contributed by atoms with E-state index in [1.807, 2.05) is 45.0 Å². The van der Waals surface area contributed by atoms with Crippen LogP contribution in [0.3, 0.4) is 0 Å². The quantitative estimate of drug-likeness (QED) is 0.428. The van der Waals surface area contributed by atoms with Crippen LogP contribution >= 0.6 is 11.3 Å². The lowest BCUT2D eigenvalue weighted by atomic mass is 10.0. The van der Waals surface area contributed by atoms with Crippen molar-refractivity contribution in [2.45, 2.75) is 26.8 Å². The Morgan fingerprint density at radius 1 is 0.970 bits per heavy atom. The maximum Gasteiger partial charge on any atom is 0.319 e. The van der Waals surface area contributed by atoms with E-state index in [0.29, 0.717) is 28.2 Å². The number of nitrogens with zero attached hydrogens (tertiary/aromatic N) is 2. The molecule has 174 valence electrons. The van der Waals surface area contributed by atoms with E-state index in [1.54, 1.807) is 31.4 Å². The second kappa shape index (κ2) is 11.3. The molecular formula is C23H27N5O4S. The number of anilines is 2. The highest BCUT2D eigenvalue weighted by atomic mass is 32.1. The molecule has 9 nitrogen and oxygen atoms in total. The van der Waals surface area contributed by atoms with Crippen molar-refractivity contribution in [1.29, 1.82) is 0 Å². The predicted molar refractivity (Wildman–Crippen MR) is 129 cm³/mol. The molecule has 3 aromatic rings. The van der Waals surface area contributed by atoms with Crippen LogP contribution in [-0.2, 0) is 4.79 Å².